The molecule has 1 aromatic heterocycles. The summed E-state index contributed by atoms with van der Waals surface area (Å²) in [6, 6.07) is 6.37. The Hall–Kier alpha value is -3.30. The minimum atomic E-state index is 0.0167. The predicted octanol–water partition coefficient (Wildman–Crippen LogP) is 3.37. The van der Waals surface area contributed by atoms with Crippen LogP contribution in [0.4, 0.5) is 11.8 Å². The zero-order valence-corrected chi connectivity index (χ0v) is 60.1. The van der Waals surface area contributed by atoms with E-state index in [0.29, 0.717) is 310 Å². The molecule has 0 spiro atoms. The number of ether oxygens (including phenoxy) is 24. The molecule has 0 bridgehead atoms. The van der Waals surface area contributed by atoms with Gasteiger partial charge in [0.2, 0.25) is 5.95 Å². The summed E-state index contributed by atoms with van der Waals surface area (Å²) in [5.41, 5.74) is 10.1. The van der Waals surface area contributed by atoms with Gasteiger partial charge in [-0.05, 0) is 37.6 Å². The van der Waals surface area contributed by atoms with E-state index >= 15 is 0 Å². The number of nitrogens with zero attached hydrogens (tertiary/aromatic N) is 3. The summed E-state index contributed by atoms with van der Waals surface area (Å²) in [6.07, 6.45) is 4.03. The molecule has 0 atom stereocenters. The quantitative estimate of drug-likeness (QED) is 0.0800. The van der Waals surface area contributed by atoms with Crippen molar-refractivity contribution < 1.29 is 119 Å². The molecule has 1 aromatic carbocycles. The van der Waals surface area contributed by atoms with Gasteiger partial charge in [-0.2, -0.15) is 4.98 Å². The highest BCUT2D eigenvalue weighted by Gasteiger charge is 2.15. The van der Waals surface area contributed by atoms with Crippen LogP contribution in [-0.2, 0) is 122 Å². The zero-order valence-electron chi connectivity index (χ0n) is 60.1. The van der Waals surface area contributed by atoms with Gasteiger partial charge in [-0.25, -0.2) is 4.98 Å². The molecule has 0 saturated heterocycles. The summed E-state index contributed by atoms with van der Waals surface area (Å²) in [6.45, 7) is 28.9. The van der Waals surface area contributed by atoms with Gasteiger partial charge in [0.05, 0.1) is 318 Å². The molecule has 4 N–H and O–H groups in total. The Balaban J connectivity index is 1.16. The van der Waals surface area contributed by atoms with Crippen LogP contribution < -0.4 is 15.8 Å². The van der Waals surface area contributed by atoms with Crippen LogP contribution in [0.25, 0.3) is 0 Å². The first-order chi connectivity index (χ1) is 48.5. The van der Waals surface area contributed by atoms with E-state index in [0.717, 1.165) is 72.8 Å². The molecule has 1 heterocycles. The second kappa shape index (κ2) is 73.5. The molecular weight excluding hydrogens is 1290 g/mol. The number of hydrogen-bond donors (Lipinski definition) is 3. The molecule has 0 amide bonds. The SMILES string of the molecule is CCCCCNc1nc(N)nc(C)c1Cc1ccc(CN(C)CCOCCOCCOCCOCCOCCOCCOCCOCCOCCOCCOCCOCCOCCOCCOCCOCCOCCOCCOCCOCCOCCOCCOCCO)cc1OC. The number of aromatic nitrogens is 2. The first-order valence-electron chi connectivity index (χ1n) is 35.1. The number of nitrogens with two attached hydrogens (primary N) is 1. The molecule has 0 saturated carbocycles. The van der Waals surface area contributed by atoms with Crippen molar-refractivity contribution in [1.29, 1.82) is 0 Å². The largest absolute Gasteiger partial charge is 0.496 e. The Morgan fingerprint density at radius 1 is 0.388 bits per heavy atom. The summed E-state index contributed by atoms with van der Waals surface area (Å²) in [4.78, 5) is 11.2. The Morgan fingerprint density at radius 2 is 0.663 bits per heavy atom. The molecule has 2 rings (SSSR count). The highest BCUT2D eigenvalue weighted by Crippen LogP contribution is 2.28. The van der Waals surface area contributed by atoms with Crippen LogP contribution in [0.5, 0.6) is 5.75 Å². The van der Waals surface area contributed by atoms with Crippen LogP contribution >= 0.6 is 0 Å². The van der Waals surface area contributed by atoms with Crippen LogP contribution in [0.1, 0.15) is 48.6 Å². The van der Waals surface area contributed by atoms with Crippen LogP contribution in [0, 0.1) is 6.92 Å². The Bertz CT molecular complexity index is 1970. The molecule has 0 aliphatic rings. The molecule has 30 heteroatoms. The molecule has 0 unspecified atom stereocenters. The van der Waals surface area contributed by atoms with Gasteiger partial charge in [0, 0.05) is 37.3 Å². The number of aliphatic hydroxyl groups is 1. The molecule has 0 aliphatic carbocycles. The average molecular weight is 1410 g/mol. The molecule has 0 aliphatic heterocycles. The minimum absolute atomic E-state index is 0.0167. The van der Waals surface area contributed by atoms with Gasteiger partial charge in [-0.1, -0.05) is 31.9 Å². The fourth-order valence-electron chi connectivity index (χ4n) is 8.40. The number of rotatable bonds is 81. The third kappa shape index (κ3) is 60.3. The number of unbranched alkanes of at least 4 members (excludes halogenated alkanes) is 2. The van der Waals surface area contributed by atoms with E-state index in [9.17, 15) is 0 Å². The molecular formula is C68H127N5O25. The molecule has 98 heavy (non-hydrogen) atoms. The van der Waals surface area contributed by atoms with E-state index in [2.05, 4.69) is 52.4 Å². The third-order valence-electron chi connectivity index (χ3n) is 13.5. The van der Waals surface area contributed by atoms with E-state index in [1.54, 1.807) is 7.11 Å². The Kier molecular flexibility index (Phi) is 68.0. The van der Waals surface area contributed by atoms with Gasteiger partial charge >= 0.3 is 0 Å². The summed E-state index contributed by atoms with van der Waals surface area (Å²) >= 11 is 0. The maximum atomic E-state index is 8.62. The van der Waals surface area contributed by atoms with Crippen molar-refractivity contribution in [1.82, 2.24) is 14.9 Å². The van der Waals surface area contributed by atoms with Gasteiger partial charge in [0.25, 0.3) is 0 Å². The average Bonchev–Trinajstić information content (AvgIpc) is 0.837. The number of anilines is 2. The van der Waals surface area contributed by atoms with Crippen LogP contribution in [0.3, 0.4) is 0 Å². The van der Waals surface area contributed by atoms with E-state index in [-0.39, 0.29) is 12.6 Å². The number of hydrogen-bond acceptors (Lipinski definition) is 30. The molecule has 30 nitrogen and oxygen atoms in total. The standard InChI is InChI=1S/C68H127N5O25/c1-5-6-7-10-70-67-65(62(2)71-68(69)72-67)60-64-9-8-63(59-66(64)75-4)61-73(3)11-13-76-15-17-78-19-21-80-23-25-82-27-29-84-31-33-86-35-37-88-39-41-90-43-45-92-47-49-94-51-53-96-55-57-98-58-56-97-54-52-95-50-48-93-46-44-91-42-40-89-38-36-87-34-32-85-30-28-83-26-24-81-22-20-79-18-16-77-14-12-74/h8-9,59,74H,5-7,10-58,60-61H2,1-4H3,(H3,69,70,71,72). The summed E-state index contributed by atoms with van der Waals surface area (Å²) in [7, 11) is 3.79. The maximum absolute atomic E-state index is 8.62. The van der Waals surface area contributed by atoms with E-state index in [1.807, 2.05) is 6.92 Å². The molecule has 0 radical (unpaired) electrons. The normalized spacial score (nSPS) is 11.7. The Morgan fingerprint density at radius 3 is 0.929 bits per heavy atom. The second-order valence-electron chi connectivity index (χ2n) is 21.5. The highest BCUT2D eigenvalue weighted by atomic mass is 16.6. The lowest BCUT2D eigenvalue weighted by Crippen LogP contribution is -2.23. The smallest absolute Gasteiger partial charge is 0.222 e. The van der Waals surface area contributed by atoms with Crippen molar-refractivity contribution in [2.75, 3.05) is 349 Å². The van der Waals surface area contributed by atoms with Crippen LogP contribution in [0.2, 0.25) is 0 Å². The first kappa shape index (κ1) is 90.8. The summed E-state index contributed by atoms with van der Waals surface area (Å²) in [5, 5.41) is 12.1. The lowest BCUT2D eigenvalue weighted by atomic mass is 10.0. The molecule has 0 fully saturated rings. The maximum Gasteiger partial charge on any atom is 0.222 e. The van der Waals surface area contributed by atoms with Crippen molar-refractivity contribution in [3.63, 3.8) is 0 Å². The number of methoxy groups -OCH3 is 1. The van der Waals surface area contributed by atoms with E-state index in [4.69, 9.17) is 125 Å². The lowest BCUT2D eigenvalue weighted by Gasteiger charge is -2.19. The molecule has 574 valence electrons. The summed E-state index contributed by atoms with van der Waals surface area (Å²) in [5.74, 6) is 1.91. The lowest BCUT2D eigenvalue weighted by molar-refractivity contribution is -0.0319. The fraction of sp³-hybridized carbons (Fsp3) is 0.853. The number of nitrogen functional groups attached to an aromatic ring is 1. The number of nitrogens with one attached hydrogen (secondary N) is 1. The van der Waals surface area contributed by atoms with Crippen LogP contribution in [0.15, 0.2) is 18.2 Å². The van der Waals surface area contributed by atoms with Gasteiger partial charge in [0.1, 0.15) is 11.6 Å². The first-order valence-corrected chi connectivity index (χ1v) is 35.1. The van der Waals surface area contributed by atoms with Crippen molar-refractivity contribution >= 4 is 11.8 Å². The van der Waals surface area contributed by atoms with Crippen molar-refractivity contribution in [2.24, 2.45) is 0 Å². The van der Waals surface area contributed by atoms with E-state index < -0.39 is 0 Å². The van der Waals surface area contributed by atoms with Crippen LogP contribution in [-0.4, -0.2) is 358 Å². The van der Waals surface area contributed by atoms with E-state index in [1.165, 1.54) is 0 Å². The monoisotopic (exact) mass is 1410 g/mol. The van der Waals surface area contributed by atoms with Crippen molar-refractivity contribution in [3.05, 3.63) is 40.6 Å². The van der Waals surface area contributed by atoms with Gasteiger partial charge < -0.3 is 130 Å². The highest BCUT2D eigenvalue weighted by molar-refractivity contribution is 5.53. The summed E-state index contributed by atoms with van der Waals surface area (Å²) < 4.78 is 133. The fourth-order valence-corrected chi connectivity index (χ4v) is 8.40. The third-order valence-corrected chi connectivity index (χ3v) is 13.5. The van der Waals surface area contributed by atoms with Crippen molar-refractivity contribution in [2.45, 2.75) is 46.1 Å². The zero-order chi connectivity index (χ0) is 70.0. The number of aryl methyl sites for hydroxylation is 1. The topological polar surface area (TPSA) is 309 Å². The van der Waals surface area contributed by atoms with Crippen molar-refractivity contribution in [3.8, 4) is 5.75 Å². The van der Waals surface area contributed by atoms with Gasteiger partial charge in [0.15, 0.2) is 0 Å². The number of benzene rings is 1. The Labute approximate surface area is 584 Å². The predicted molar refractivity (Wildman–Crippen MR) is 367 cm³/mol. The number of likely N-dealkylation sites (N-methyl/N-ethyl adjacent to an activating group) is 1. The number of aliphatic hydroxyl groups excluding tert-OH is 1. The molecule has 2 aromatic rings. The van der Waals surface area contributed by atoms with Gasteiger partial charge in [-0.3, -0.25) is 4.90 Å². The minimum Gasteiger partial charge on any atom is -0.496 e. The van der Waals surface area contributed by atoms with Gasteiger partial charge in [-0.15, -0.1) is 0 Å². The second-order valence-corrected chi connectivity index (χ2v) is 21.5.